The molecule has 2 aromatic carbocycles. The minimum absolute atomic E-state index is 0.869. The van der Waals surface area contributed by atoms with Crippen LogP contribution >= 0.6 is 0 Å². The number of nitrogens with zero attached hydrogens (tertiary/aromatic N) is 1. The quantitative estimate of drug-likeness (QED) is 0.657. The Bertz CT molecular complexity index is 805. The number of rotatable bonds is 4. The molecule has 0 N–H and O–H groups in total. The zero-order chi connectivity index (χ0) is 16.1. The molecule has 3 rings (SSSR count). The minimum atomic E-state index is 0.869. The fourth-order valence-corrected chi connectivity index (χ4v) is 2.46. The Kier molecular flexibility index (Phi) is 4.53. The van der Waals surface area contributed by atoms with Crippen LogP contribution in [0.1, 0.15) is 16.8 Å². The number of ether oxygens (including phenoxy) is 1. The first-order valence-corrected chi connectivity index (χ1v) is 7.61. The van der Waals surface area contributed by atoms with Gasteiger partial charge < -0.3 is 4.74 Å². The van der Waals surface area contributed by atoms with Gasteiger partial charge in [-0.25, -0.2) is 0 Å². The van der Waals surface area contributed by atoms with Crippen LogP contribution in [-0.4, -0.2) is 12.1 Å². The van der Waals surface area contributed by atoms with Crippen molar-refractivity contribution in [2.45, 2.75) is 6.92 Å². The van der Waals surface area contributed by atoms with Crippen molar-refractivity contribution in [3.63, 3.8) is 0 Å². The summed E-state index contributed by atoms with van der Waals surface area (Å²) < 4.78 is 5.18. The topological polar surface area (TPSA) is 22.1 Å². The standard InChI is InChI=1S/C21H19NO/c1-16-14-18(9-8-17-10-12-20(23-2)13-11-17)15-21(22-16)19-6-4-3-5-7-19/h3-15H,1-2H3/b9-8+. The Labute approximate surface area is 137 Å². The summed E-state index contributed by atoms with van der Waals surface area (Å²) in [4.78, 5) is 4.63. The number of aryl methyl sites for hydroxylation is 1. The van der Waals surface area contributed by atoms with Gasteiger partial charge in [0.05, 0.1) is 12.8 Å². The van der Waals surface area contributed by atoms with E-state index < -0.39 is 0 Å². The molecule has 23 heavy (non-hydrogen) atoms. The maximum atomic E-state index is 5.18. The fourth-order valence-electron chi connectivity index (χ4n) is 2.46. The van der Waals surface area contributed by atoms with Crippen molar-refractivity contribution >= 4 is 12.2 Å². The van der Waals surface area contributed by atoms with Gasteiger partial charge in [-0.2, -0.15) is 0 Å². The molecular formula is C21H19NO. The summed E-state index contributed by atoms with van der Waals surface area (Å²) in [5, 5.41) is 0. The van der Waals surface area contributed by atoms with E-state index >= 15 is 0 Å². The molecule has 0 spiro atoms. The van der Waals surface area contributed by atoms with E-state index in [9.17, 15) is 0 Å². The highest BCUT2D eigenvalue weighted by Crippen LogP contribution is 2.20. The summed E-state index contributed by atoms with van der Waals surface area (Å²) in [5.74, 6) is 0.869. The van der Waals surface area contributed by atoms with Crippen LogP contribution in [0, 0.1) is 6.92 Å². The first-order chi connectivity index (χ1) is 11.2. The van der Waals surface area contributed by atoms with Crippen molar-refractivity contribution in [3.05, 3.63) is 83.6 Å². The van der Waals surface area contributed by atoms with Crippen molar-refractivity contribution in [2.24, 2.45) is 0 Å². The summed E-state index contributed by atoms with van der Waals surface area (Å²) in [7, 11) is 1.68. The molecule has 0 amide bonds. The zero-order valence-electron chi connectivity index (χ0n) is 13.4. The molecule has 0 unspecified atom stereocenters. The molecule has 0 fully saturated rings. The first kappa shape index (κ1) is 15.0. The lowest BCUT2D eigenvalue weighted by Crippen LogP contribution is -1.88. The number of aromatic nitrogens is 1. The third-order valence-corrected chi connectivity index (χ3v) is 3.63. The lowest BCUT2D eigenvalue weighted by atomic mass is 10.1. The molecule has 2 heteroatoms. The highest BCUT2D eigenvalue weighted by Gasteiger charge is 2.01. The van der Waals surface area contributed by atoms with Crippen LogP contribution in [0.15, 0.2) is 66.7 Å². The molecule has 1 aromatic heterocycles. The van der Waals surface area contributed by atoms with Gasteiger partial charge in [0.15, 0.2) is 0 Å². The van der Waals surface area contributed by atoms with Gasteiger partial charge >= 0.3 is 0 Å². The van der Waals surface area contributed by atoms with Crippen molar-refractivity contribution in [3.8, 4) is 17.0 Å². The van der Waals surface area contributed by atoms with Crippen LogP contribution in [0.2, 0.25) is 0 Å². The van der Waals surface area contributed by atoms with Crippen LogP contribution in [0.3, 0.4) is 0 Å². The van der Waals surface area contributed by atoms with Crippen molar-refractivity contribution in [1.29, 1.82) is 0 Å². The molecule has 2 nitrogen and oxygen atoms in total. The average molecular weight is 301 g/mol. The predicted octanol–water partition coefficient (Wildman–Crippen LogP) is 5.24. The largest absolute Gasteiger partial charge is 0.497 e. The second-order valence-corrected chi connectivity index (χ2v) is 5.40. The molecule has 0 aliphatic heterocycles. The third-order valence-electron chi connectivity index (χ3n) is 3.63. The van der Waals surface area contributed by atoms with Gasteiger partial charge in [0, 0.05) is 11.3 Å². The van der Waals surface area contributed by atoms with Gasteiger partial charge in [0.2, 0.25) is 0 Å². The van der Waals surface area contributed by atoms with E-state index in [0.717, 1.165) is 33.8 Å². The van der Waals surface area contributed by atoms with E-state index in [4.69, 9.17) is 4.74 Å². The summed E-state index contributed by atoms with van der Waals surface area (Å²) in [6.45, 7) is 2.02. The molecule has 114 valence electrons. The molecule has 0 saturated heterocycles. The van der Waals surface area contributed by atoms with E-state index in [1.54, 1.807) is 7.11 Å². The Balaban J connectivity index is 1.87. The molecule has 0 bridgehead atoms. The van der Waals surface area contributed by atoms with E-state index in [0.29, 0.717) is 0 Å². The van der Waals surface area contributed by atoms with Crippen LogP contribution in [0.25, 0.3) is 23.4 Å². The maximum Gasteiger partial charge on any atom is 0.118 e. The first-order valence-electron chi connectivity index (χ1n) is 7.61. The van der Waals surface area contributed by atoms with Gasteiger partial charge in [-0.3, -0.25) is 4.98 Å². The van der Waals surface area contributed by atoms with Crippen LogP contribution in [0.4, 0.5) is 0 Å². The molecule has 0 atom stereocenters. The summed E-state index contributed by atoms with van der Waals surface area (Å²) in [5.41, 5.74) is 5.43. The van der Waals surface area contributed by atoms with Gasteiger partial charge in [0.25, 0.3) is 0 Å². The van der Waals surface area contributed by atoms with E-state index in [1.165, 1.54) is 0 Å². The van der Waals surface area contributed by atoms with Gasteiger partial charge in [0.1, 0.15) is 5.75 Å². The lowest BCUT2D eigenvalue weighted by Gasteiger charge is -2.04. The zero-order valence-corrected chi connectivity index (χ0v) is 13.4. The van der Waals surface area contributed by atoms with Crippen molar-refractivity contribution < 1.29 is 4.74 Å². The van der Waals surface area contributed by atoms with E-state index in [-0.39, 0.29) is 0 Å². The van der Waals surface area contributed by atoms with Gasteiger partial charge in [-0.1, -0.05) is 54.6 Å². The smallest absolute Gasteiger partial charge is 0.118 e. The normalized spacial score (nSPS) is 10.9. The molecule has 3 aromatic rings. The number of pyridine rings is 1. The number of benzene rings is 2. The Morgan fingerprint density at radius 1 is 0.826 bits per heavy atom. The molecule has 0 saturated carbocycles. The second-order valence-electron chi connectivity index (χ2n) is 5.40. The minimum Gasteiger partial charge on any atom is -0.497 e. The average Bonchev–Trinajstić information content (AvgIpc) is 2.61. The summed E-state index contributed by atoms with van der Waals surface area (Å²) in [6.07, 6.45) is 4.21. The summed E-state index contributed by atoms with van der Waals surface area (Å²) in [6, 6.07) is 22.5. The maximum absolute atomic E-state index is 5.18. The van der Waals surface area contributed by atoms with Crippen molar-refractivity contribution in [2.75, 3.05) is 7.11 Å². The summed E-state index contributed by atoms with van der Waals surface area (Å²) >= 11 is 0. The predicted molar refractivity (Wildman–Crippen MR) is 96.3 cm³/mol. The number of methoxy groups -OCH3 is 1. The number of hydrogen-bond acceptors (Lipinski definition) is 2. The van der Waals surface area contributed by atoms with E-state index in [2.05, 4.69) is 41.4 Å². The molecule has 0 aliphatic carbocycles. The van der Waals surface area contributed by atoms with Crippen molar-refractivity contribution in [1.82, 2.24) is 4.98 Å². The third kappa shape index (κ3) is 3.86. The molecule has 0 aliphatic rings. The van der Waals surface area contributed by atoms with Crippen LogP contribution < -0.4 is 4.74 Å². The second kappa shape index (κ2) is 6.93. The number of hydrogen-bond donors (Lipinski definition) is 0. The SMILES string of the molecule is COc1ccc(/C=C/c2cc(C)nc(-c3ccccc3)c2)cc1. The Morgan fingerprint density at radius 3 is 2.22 bits per heavy atom. The van der Waals surface area contributed by atoms with E-state index in [1.807, 2.05) is 49.4 Å². The Morgan fingerprint density at radius 2 is 1.52 bits per heavy atom. The molecule has 1 heterocycles. The molecule has 0 radical (unpaired) electrons. The lowest BCUT2D eigenvalue weighted by molar-refractivity contribution is 0.415. The van der Waals surface area contributed by atoms with Gasteiger partial charge in [-0.15, -0.1) is 0 Å². The Hall–Kier alpha value is -2.87. The highest BCUT2D eigenvalue weighted by atomic mass is 16.5. The van der Waals surface area contributed by atoms with Gasteiger partial charge in [-0.05, 0) is 42.3 Å². The fraction of sp³-hybridized carbons (Fsp3) is 0.0952. The molecular weight excluding hydrogens is 282 g/mol. The monoisotopic (exact) mass is 301 g/mol. The van der Waals surface area contributed by atoms with Crippen LogP contribution in [0.5, 0.6) is 5.75 Å². The highest BCUT2D eigenvalue weighted by molar-refractivity contribution is 5.72. The van der Waals surface area contributed by atoms with Crippen LogP contribution in [-0.2, 0) is 0 Å².